The Morgan fingerprint density at radius 3 is 2.00 bits per heavy atom. The van der Waals surface area contributed by atoms with E-state index in [2.05, 4.69) is 0 Å². The predicted octanol–water partition coefficient (Wildman–Crippen LogP) is -0.0958. The van der Waals surface area contributed by atoms with Gasteiger partial charge >= 0.3 is 0 Å². The molecule has 0 amide bonds. The zero-order valence-corrected chi connectivity index (χ0v) is 2.77. The van der Waals surface area contributed by atoms with Crippen molar-refractivity contribution in [3.8, 4) is 0 Å². The normalized spacial score (nSPS) is 18.8. The first-order chi connectivity index (χ1) is 2.39. The summed E-state index contributed by atoms with van der Waals surface area (Å²) >= 11 is 0. The van der Waals surface area contributed by atoms with Gasteiger partial charge in [-0.25, -0.2) is 0 Å². The Morgan fingerprint density at radius 1 is 1.60 bits per heavy atom. The summed E-state index contributed by atoms with van der Waals surface area (Å²) in [5.74, 6) is 0. The summed E-state index contributed by atoms with van der Waals surface area (Å²) in [7, 11) is 3.31. The van der Waals surface area contributed by atoms with Gasteiger partial charge in [-0.15, -0.1) is 0 Å². The molecule has 0 aliphatic carbocycles. The molecule has 0 spiro atoms. The van der Waals surface area contributed by atoms with Crippen LogP contribution in [0.2, 0.25) is 6.22 Å². The van der Waals surface area contributed by atoms with E-state index in [1.807, 2.05) is 0 Å². The molecule has 1 heterocycles. The van der Waals surface area contributed by atoms with E-state index < -0.39 is 0 Å². The van der Waals surface area contributed by atoms with Crippen LogP contribution < -0.4 is 0 Å². The molecule has 1 fully saturated rings. The molecule has 0 aromatic heterocycles. The lowest BCUT2D eigenvalue weighted by molar-refractivity contribution is 0.273. The van der Waals surface area contributed by atoms with Crippen molar-refractivity contribution in [3.63, 3.8) is 0 Å². The molecule has 1 aliphatic heterocycles. The average molecular weight is 63.7 g/mol. The minimum Gasteiger partial charge on any atom is -0.323 e. The lowest BCUT2D eigenvalue weighted by Gasteiger charge is -2.01. The summed E-state index contributed by atoms with van der Waals surface area (Å²) in [4.78, 5) is 9.79. The van der Waals surface area contributed by atoms with Crippen molar-refractivity contribution in [1.29, 1.82) is 0 Å². The zero-order valence-electron chi connectivity index (χ0n) is 2.77. The van der Waals surface area contributed by atoms with Gasteiger partial charge in [0.05, 0.1) is 0 Å². The highest BCUT2D eigenvalue weighted by atomic mass is 16.1. The first-order valence-corrected chi connectivity index (χ1v) is 1.60. The fourth-order valence-electron chi connectivity index (χ4n) is 0.214. The van der Waals surface area contributed by atoms with Crippen LogP contribution in [0.1, 0.15) is 0 Å². The van der Waals surface area contributed by atoms with Crippen molar-refractivity contribution in [1.82, 2.24) is 0 Å². The second-order valence-electron chi connectivity index (χ2n) is 1.05. The van der Waals surface area contributed by atoms with Crippen LogP contribution in [0.3, 0.4) is 0 Å². The summed E-state index contributed by atoms with van der Waals surface area (Å²) in [6, 6.07) is 0. The van der Waals surface area contributed by atoms with Gasteiger partial charge in [-0.2, -0.15) is 0 Å². The molecule has 0 saturated carbocycles. The highest BCUT2D eigenvalue weighted by Crippen LogP contribution is 1.90. The first-order valence-electron chi connectivity index (χ1n) is 1.60. The van der Waals surface area contributed by atoms with Gasteiger partial charge in [-0.1, -0.05) is 6.22 Å². The predicted molar refractivity (Wildman–Crippen MR) is 21.7 cm³/mol. The Bertz CT molecular complexity index is 54.7. The summed E-state index contributed by atoms with van der Waals surface area (Å²) in [6.07, 6.45) is 0.888. The first kappa shape index (κ1) is 3.01. The maximum Gasteiger partial charge on any atom is 0.179 e. The lowest BCUT2D eigenvalue weighted by atomic mass is 9.31. The number of hydrogen-bond donors (Lipinski definition) is 0. The smallest absolute Gasteiger partial charge is 0.179 e. The molecule has 1 rings (SSSR count). The van der Waals surface area contributed by atoms with Gasteiger partial charge in [-0.3, -0.25) is 0 Å². The molecular weight excluding hydrogens is 61.6 g/mol. The van der Waals surface area contributed by atoms with E-state index in [4.69, 9.17) is 0 Å². The topological polar surface area (TPSA) is 17.1 Å². The SMILES string of the molecule is O=C1[B]C[B]1. The Balaban J connectivity index is 2.32. The average Bonchev–Trinajstić information content (AvgIpc) is 1.30. The third-order valence-corrected chi connectivity index (χ3v) is 0.638. The van der Waals surface area contributed by atoms with Gasteiger partial charge in [0.15, 0.2) is 14.6 Å². The highest BCUT2D eigenvalue weighted by Gasteiger charge is 2.14. The Morgan fingerprint density at radius 2 is 2.00 bits per heavy atom. The molecular formula is C2H2B2O. The van der Waals surface area contributed by atoms with Crippen molar-refractivity contribution < 1.29 is 4.79 Å². The quantitative estimate of drug-likeness (QED) is 0.359. The third kappa shape index (κ3) is 0.366. The van der Waals surface area contributed by atoms with E-state index >= 15 is 0 Å². The van der Waals surface area contributed by atoms with Gasteiger partial charge < -0.3 is 4.79 Å². The van der Waals surface area contributed by atoms with Gasteiger partial charge in [-0.05, 0) is 0 Å². The van der Waals surface area contributed by atoms with Crippen molar-refractivity contribution in [3.05, 3.63) is 0 Å². The van der Waals surface area contributed by atoms with Crippen molar-refractivity contribution in [2.24, 2.45) is 0 Å². The molecule has 22 valence electrons. The van der Waals surface area contributed by atoms with Crippen LogP contribution in [0.4, 0.5) is 4.79 Å². The Hall–Kier alpha value is -0.200. The van der Waals surface area contributed by atoms with E-state index in [-0.39, 0.29) is 5.58 Å². The van der Waals surface area contributed by atoms with Gasteiger partial charge in [0.25, 0.3) is 0 Å². The molecule has 5 heavy (non-hydrogen) atoms. The van der Waals surface area contributed by atoms with Crippen LogP contribution in [0.15, 0.2) is 0 Å². The van der Waals surface area contributed by atoms with Crippen molar-refractivity contribution in [2.45, 2.75) is 6.22 Å². The molecule has 2 radical (unpaired) electrons. The van der Waals surface area contributed by atoms with Crippen molar-refractivity contribution in [2.75, 3.05) is 0 Å². The minimum atomic E-state index is 0.185. The Kier molecular flexibility index (Phi) is 0.533. The van der Waals surface area contributed by atoms with Gasteiger partial charge in [0.1, 0.15) is 0 Å². The molecule has 0 N–H and O–H groups in total. The van der Waals surface area contributed by atoms with Gasteiger partial charge in [0.2, 0.25) is 0 Å². The fourth-order valence-corrected chi connectivity index (χ4v) is 0.214. The second kappa shape index (κ2) is 0.886. The molecule has 0 aromatic carbocycles. The van der Waals surface area contributed by atoms with E-state index in [0.717, 1.165) is 6.22 Å². The minimum absolute atomic E-state index is 0.185. The number of hydrogen-bond acceptors (Lipinski definition) is 1. The van der Waals surface area contributed by atoms with Crippen molar-refractivity contribution >= 4 is 20.1 Å². The largest absolute Gasteiger partial charge is 0.323 e. The summed E-state index contributed by atoms with van der Waals surface area (Å²) in [5, 5.41) is 0. The van der Waals surface area contributed by atoms with Crippen LogP contribution in [-0.2, 0) is 0 Å². The van der Waals surface area contributed by atoms with Crippen LogP contribution in [0.5, 0.6) is 0 Å². The van der Waals surface area contributed by atoms with Crippen LogP contribution in [-0.4, -0.2) is 20.1 Å². The van der Waals surface area contributed by atoms with Crippen LogP contribution >= 0.6 is 0 Å². The molecule has 1 nitrogen and oxygen atoms in total. The van der Waals surface area contributed by atoms with E-state index in [1.54, 1.807) is 14.6 Å². The monoisotopic (exact) mass is 64.0 g/mol. The summed E-state index contributed by atoms with van der Waals surface area (Å²) < 4.78 is 0. The van der Waals surface area contributed by atoms with E-state index in [1.165, 1.54) is 0 Å². The molecule has 0 bridgehead atoms. The number of carbonyl (C=O) groups is 1. The van der Waals surface area contributed by atoms with E-state index in [0.29, 0.717) is 0 Å². The zero-order chi connectivity index (χ0) is 3.70. The highest BCUT2D eigenvalue weighted by molar-refractivity contribution is 7.16. The Labute approximate surface area is 32.2 Å². The molecule has 0 atom stereocenters. The fraction of sp³-hybridized carbons (Fsp3) is 0.500. The number of carbonyl (C=O) groups excluding carboxylic acids is 1. The second-order valence-corrected chi connectivity index (χ2v) is 1.05. The molecule has 1 saturated heterocycles. The van der Waals surface area contributed by atoms with E-state index in [9.17, 15) is 4.79 Å². The molecule has 0 unspecified atom stereocenters. The lowest BCUT2D eigenvalue weighted by Crippen LogP contribution is -2.28. The standard InChI is InChI=1S/C2H2B2O/c5-2-3-1-4-2/h1H2. The molecule has 0 aromatic rings. The summed E-state index contributed by atoms with van der Waals surface area (Å²) in [5.41, 5.74) is 0.185. The maximum absolute atomic E-state index is 9.79. The number of rotatable bonds is 0. The van der Waals surface area contributed by atoms with Gasteiger partial charge in [0, 0.05) is 5.58 Å². The van der Waals surface area contributed by atoms with Crippen LogP contribution in [0.25, 0.3) is 0 Å². The molecule has 3 heteroatoms. The summed E-state index contributed by atoms with van der Waals surface area (Å²) in [6.45, 7) is 0. The third-order valence-electron chi connectivity index (χ3n) is 0.638. The molecule has 1 aliphatic rings. The maximum atomic E-state index is 9.79. The van der Waals surface area contributed by atoms with Crippen LogP contribution in [0, 0.1) is 0 Å².